The molecule has 0 saturated carbocycles. The quantitative estimate of drug-likeness (QED) is 0.118. The van der Waals surface area contributed by atoms with Gasteiger partial charge in [0.25, 0.3) is 0 Å². The highest BCUT2D eigenvalue weighted by molar-refractivity contribution is 6.14. The van der Waals surface area contributed by atoms with Crippen molar-refractivity contribution in [2.45, 2.75) is 24.7 Å². The van der Waals surface area contributed by atoms with E-state index in [-0.39, 0.29) is 11.5 Å². The second-order valence-corrected chi connectivity index (χ2v) is 5.46. The molecule has 0 unspecified atom stereocenters. The van der Waals surface area contributed by atoms with Crippen LogP contribution in [-0.2, 0) is 10.8 Å². The third-order valence-electron chi connectivity index (χ3n) is 4.10. The van der Waals surface area contributed by atoms with Crippen LogP contribution < -0.4 is 22.9 Å². The summed E-state index contributed by atoms with van der Waals surface area (Å²) in [5, 5.41) is 47.6. The molecule has 14 heteroatoms. The Balaban J connectivity index is 3.79. The molecule has 0 radical (unpaired) electrons. The first kappa shape index (κ1) is 20.2. The van der Waals surface area contributed by atoms with Gasteiger partial charge in [0.15, 0.2) is 23.3 Å². The van der Waals surface area contributed by atoms with Crippen molar-refractivity contribution in [3.63, 3.8) is 0 Å². The van der Waals surface area contributed by atoms with E-state index >= 15 is 0 Å². The topological polar surface area (TPSA) is 260 Å². The zero-order valence-electron chi connectivity index (χ0n) is 13.9. The Hall–Kier alpha value is -3.84. The van der Waals surface area contributed by atoms with Gasteiger partial charge in [0.1, 0.15) is 16.7 Å². The zero-order chi connectivity index (χ0) is 20.1. The molecule has 1 heterocycles. The summed E-state index contributed by atoms with van der Waals surface area (Å²) in [6, 6.07) is 1.35. The van der Waals surface area contributed by atoms with Crippen LogP contribution in [-0.4, -0.2) is 54.1 Å². The predicted molar refractivity (Wildman–Crippen MR) is 90.4 cm³/mol. The largest absolute Gasteiger partial charge is 0.409 e. The number of aromatic nitrogens is 2. The number of nitrogens with two attached hydrogens (primary N) is 4. The summed E-state index contributed by atoms with van der Waals surface area (Å²) in [5.41, 5.74) is 19.4. The van der Waals surface area contributed by atoms with Crippen LogP contribution in [0.15, 0.2) is 32.9 Å². The molecule has 12 N–H and O–H groups in total. The molecule has 0 spiro atoms. The average Bonchev–Trinajstić information content (AvgIpc) is 2.69. The van der Waals surface area contributed by atoms with E-state index in [1.54, 1.807) is 0 Å². The summed E-state index contributed by atoms with van der Waals surface area (Å²) in [4.78, 5) is 8.19. The Morgan fingerprint density at radius 3 is 1.58 bits per heavy atom. The van der Waals surface area contributed by atoms with E-state index in [2.05, 4.69) is 30.6 Å². The van der Waals surface area contributed by atoms with E-state index in [4.69, 9.17) is 43.8 Å². The Labute approximate surface area is 147 Å². The molecule has 1 rings (SSSR count). The lowest BCUT2D eigenvalue weighted by Gasteiger charge is -2.29. The first-order valence-corrected chi connectivity index (χ1v) is 6.90. The molecular weight excluding hydrogens is 348 g/mol. The highest BCUT2D eigenvalue weighted by Gasteiger charge is 2.44. The third-order valence-corrected chi connectivity index (χ3v) is 4.10. The van der Waals surface area contributed by atoms with Crippen LogP contribution in [0, 0.1) is 0 Å². The van der Waals surface area contributed by atoms with Gasteiger partial charge in [0, 0.05) is 6.20 Å². The van der Waals surface area contributed by atoms with Crippen molar-refractivity contribution in [3.05, 3.63) is 23.8 Å². The van der Waals surface area contributed by atoms with E-state index in [1.165, 1.54) is 26.1 Å². The minimum Gasteiger partial charge on any atom is -0.409 e. The highest BCUT2D eigenvalue weighted by atomic mass is 16.4. The molecule has 1 aromatic rings. The summed E-state index contributed by atoms with van der Waals surface area (Å²) >= 11 is 0. The van der Waals surface area contributed by atoms with Crippen molar-refractivity contribution in [1.29, 1.82) is 0 Å². The van der Waals surface area contributed by atoms with Crippen molar-refractivity contribution in [2.75, 3.05) is 0 Å². The third kappa shape index (κ3) is 2.94. The molecule has 0 aliphatic heterocycles. The Kier molecular flexibility index (Phi) is 5.73. The maximum atomic E-state index is 9.04. The smallest absolute Gasteiger partial charge is 0.160 e. The molecule has 1 aromatic heterocycles. The fraction of sp³-hybridized carbons (Fsp3) is 0.333. The molecule has 0 atom stereocenters. The van der Waals surface area contributed by atoms with Crippen LogP contribution >= 0.6 is 0 Å². The maximum absolute atomic E-state index is 9.04. The molecule has 0 fully saturated rings. The van der Waals surface area contributed by atoms with Crippen LogP contribution in [0.5, 0.6) is 0 Å². The van der Waals surface area contributed by atoms with Gasteiger partial charge in [-0.15, -0.1) is 0 Å². The van der Waals surface area contributed by atoms with Crippen LogP contribution in [0.2, 0.25) is 0 Å². The lowest BCUT2D eigenvalue weighted by molar-refractivity contribution is 0.308. The van der Waals surface area contributed by atoms with E-state index in [1.807, 2.05) is 0 Å². The molecule has 142 valence electrons. The van der Waals surface area contributed by atoms with Crippen LogP contribution in [0.25, 0.3) is 0 Å². The molecule has 0 bridgehead atoms. The van der Waals surface area contributed by atoms with Crippen molar-refractivity contribution >= 4 is 23.3 Å². The number of oxime groups is 4. The number of hydrogen-bond acceptors (Lipinski definition) is 10. The van der Waals surface area contributed by atoms with Crippen LogP contribution in [0.3, 0.4) is 0 Å². The second kappa shape index (κ2) is 7.37. The standard InChI is InChI=1S/C12H20N10O4/c1-11(6(13)19-23,7(14)20-24)5-3-4-17-10(18-5)12(2,8(15)21-25)9(16)22-26/h3-4,23-26H,1-2H3,(H2,13,19)(H2,14,20)(H2,15,21)(H2,16,22). The van der Waals surface area contributed by atoms with Gasteiger partial charge in [0.05, 0.1) is 5.69 Å². The van der Waals surface area contributed by atoms with E-state index in [0.717, 1.165) is 0 Å². The molecule has 0 aromatic carbocycles. The first-order valence-electron chi connectivity index (χ1n) is 6.90. The van der Waals surface area contributed by atoms with Crippen LogP contribution in [0.1, 0.15) is 25.4 Å². The lowest BCUT2D eigenvalue weighted by Crippen LogP contribution is -2.52. The van der Waals surface area contributed by atoms with Gasteiger partial charge in [-0.1, -0.05) is 20.6 Å². The minimum absolute atomic E-state index is 0.0239. The maximum Gasteiger partial charge on any atom is 0.160 e. The average molecular weight is 368 g/mol. The Bertz CT molecular complexity index is 691. The Morgan fingerprint density at radius 2 is 1.19 bits per heavy atom. The number of nitrogens with zero attached hydrogens (tertiary/aromatic N) is 6. The monoisotopic (exact) mass is 368 g/mol. The molecule has 0 aliphatic rings. The minimum atomic E-state index is -1.71. The molecule has 0 amide bonds. The fourth-order valence-corrected chi connectivity index (χ4v) is 2.03. The molecule has 0 aliphatic carbocycles. The summed E-state index contributed by atoms with van der Waals surface area (Å²) < 4.78 is 0. The van der Waals surface area contributed by atoms with Crippen molar-refractivity contribution < 1.29 is 20.8 Å². The van der Waals surface area contributed by atoms with Crippen molar-refractivity contribution in [1.82, 2.24) is 9.97 Å². The van der Waals surface area contributed by atoms with E-state index in [9.17, 15) is 0 Å². The molecular formula is C12H20N10O4. The van der Waals surface area contributed by atoms with Gasteiger partial charge < -0.3 is 43.8 Å². The van der Waals surface area contributed by atoms with Gasteiger partial charge in [-0.3, -0.25) is 0 Å². The van der Waals surface area contributed by atoms with Gasteiger partial charge >= 0.3 is 0 Å². The van der Waals surface area contributed by atoms with Crippen LogP contribution in [0.4, 0.5) is 0 Å². The van der Waals surface area contributed by atoms with Crippen molar-refractivity contribution in [3.8, 4) is 0 Å². The number of hydrogen-bond donors (Lipinski definition) is 8. The summed E-state index contributed by atoms with van der Waals surface area (Å²) in [5.74, 6) is -1.99. The van der Waals surface area contributed by atoms with E-state index < -0.39 is 34.2 Å². The van der Waals surface area contributed by atoms with E-state index in [0.29, 0.717) is 0 Å². The summed E-state index contributed by atoms with van der Waals surface area (Å²) in [6.07, 6.45) is 1.25. The predicted octanol–water partition coefficient (Wildman–Crippen LogP) is -2.02. The summed E-state index contributed by atoms with van der Waals surface area (Å²) in [7, 11) is 0. The number of amidine groups is 4. The molecule has 14 nitrogen and oxygen atoms in total. The number of rotatable bonds is 6. The summed E-state index contributed by atoms with van der Waals surface area (Å²) in [6.45, 7) is 2.70. The first-order chi connectivity index (χ1) is 12.1. The second-order valence-electron chi connectivity index (χ2n) is 5.46. The normalized spacial score (nSPS) is 15.2. The molecule has 0 saturated heterocycles. The van der Waals surface area contributed by atoms with Gasteiger partial charge in [-0.2, -0.15) is 0 Å². The van der Waals surface area contributed by atoms with Gasteiger partial charge in [0.2, 0.25) is 0 Å². The molecule has 26 heavy (non-hydrogen) atoms. The SMILES string of the molecule is CC(/C(N)=N/O)(/C(N)=N/O)c1ccnc(C(C)(/C(N)=N/O)/C(N)=N/O)n1. The Morgan fingerprint density at radius 1 is 0.808 bits per heavy atom. The lowest BCUT2D eigenvalue weighted by atomic mass is 9.82. The van der Waals surface area contributed by atoms with Gasteiger partial charge in [-0.25, -0.2) is 9.97 Å². The van der Waals surface area contributed by atoms with Crippen molar-refractivity contribution in [2.24, 2.45) is 43.6 Å². The highest BCUT2D eigenvalue weighted by Crippen LogP contribution is 2.27. The fourth-order valence-electron chi connectivity index (χ4n) is 2.03. The zero-order valence-corrected chi connectivity index (χ0v) is 13.9. The van der Waals surface area contributed by atoms with Gasteiger partial charge in [-0.05, 0) is 19.9 Å².